The van der Waals surface area contributed by atoms with E-state index in [1.165, 1.54) is 4.57 Å². The molecule has 1 amide bonds. The van der Waals surface area contributed by atoms with E-state index in [2.05, 4.69) is 20.3 Å². The van der Waals surface area contributed by atoms with Crippen LogP contribution in [0.5, 0.6) is 0 Å². The Morgan fingerprint density at radius 3 is 2.63 bits per heavy atom. The van der Waals surface area contributed by atoms with Crippen molar-refractivity contribution in [3.8, 4) is 5.82 Å². The van der Waals surface area contributed by atoms with Gasteiger partial charge in [0.05, 0.1) is 24.2 Å². The second-order valence-electron chi connectivity index (χ2n) is 9.20. The zero-order valence-corrected chi connectivity index (χ0v) is 20.5. The summed E-state index contributed by atoms with van der Waals surface area (Å²) < 4.78 is 35.0. The monoisotopic (exact) mass is 520 g/mol. The van der Waals surface area contributed by atoms with Gasteiger partial charge in [-0.25, -0.2) is 13.8 Å². The smallest absolute Gasteiger partial charge is 0.296 e. The molecule has 2 saturated heterocycles. The van der Waals surface area contributed by atoms with Crippen LogP contribution >= 0.6 is 0 Å². The second kappa shape index (κ2) is 10.3. The molecule has 6 rings (SSSR count). The fourth-order valence-corrected chi connectivity index (χ4v) is 4.87. The van der Waals surface area contributed by atoms with E-state index in [1.807, 2.05) is 4.90 Å². The van der Waals surface area contributed by atoms with Crippen LogP contribution in [0, 0.1) is 0 Å². The fourth-order valence-electron chi connectivity index (χ4n) is 4.87. The minimum atomic E-state index is -2.79. The summed E-state index contributed by atoms with van der Waals surface area (Å²) in [7, 11) is 0. The summed E-state index contributed by atoms with van der Waals surface area (Å²) >= 11 is 0. The van der Waals surface area contributed by atoms with Crippen LogP contribution in [0.4, 0.5) is 20.5 Å². The maximum Gasteiger partial charge on any atom is 0.296 e. The Balaban J connectivity index is 1.33. The number of hydrogen-bond donors (Lipinski definition) is 1. The fraction of sp³-hybridized carbons (Fsp3) is 0.346. The lowest BCUT2D eigenvalue weighted by molar-refractivity contribution is 0.0785. The standard InChI is InChI=1S/C26H26F2N8O2/c27-23(28)24-31-18-5-1-2-7-20(18)36(24)22-15-21(32-26(33-22)34-11-13-38-14-12-34)30-17-8-10-35(16-17)25(37)19-6-3-4-9-29-19/h1-7,9,15,17,23H,8,10-14,16H2,(H,30,32,33)/t17-/m0/s1. The largest absolute Gasteiger partial charge is 0.378 e. The van der Waals surface area contributed by atoms with Crippen LogP contribution in [0.15, 0.2) is 54.7 Å². The highest BCUT2D eigenvalue weighted by Crippen LogP contribution is 2.29. The Hall–Kier alpha value is -4.19. The molecule has 3 aromatic heterocycles. The van der Waals surface area contributed by atoms with E-state index in [0.717, 1.165) is 0 Å². The van der Waals surface area contributed by atoms with Crippen LogP contribution in [-0.4, -0.2) is 80.7 Å². The quantitative estimate of drug-likeness (QED) is 0.413. The minimum absolute atomic E-state index is 0.0722. The molecule has 2 aliphatic heterocycles. The first kappa shape index (κ1) is 24.2. The van der Waals surface area contributed by atoms with Gasteiger partial charge in [0.15, 0.2) is 5.82 Å². The molecule has 0 unspecified atom stereocenters. The number of halogens is 2. The normalized spacial score (nSPS) is 17.9. The molecule has 0 spiro atoms. The highest BCUT2D eigenvalue weighted by Gasteiger charge is 2.29. The molecule has 10 nitrogen and oxygen atoms in total. The molecule has 0 bridgehead atoms. The number of imidazole rings is 1. The van der Waals surface area contributed by atoms with E-state index >= 15 is 0 Å². The number of alkyl halides is 2. The zero-order chi connectivity index (χ0) is 26.1. The number of hydrogen-bond acceptors (Lipinski definition) is 8. The van der Waals surface area contributed by atoms with Crippen molar-refractivity contribution in [1.82, 2.24) is 29.4 Å². The van der Waals surface area contributed by atoms with E-state index in [1.54, 1.807) is 59.6 Å². The van der Waals surface area contributed by atoms with Gasteiger partial charge in [0.25, 0.3) is 12.3 Å². The van der Waals surface area contributed by atoms with Gasteiger partial charge >= 0.3 is 0 Å². The van der Waals surface area contributed by atoms with Crippen molar-refractivity contribution in [3.63, 3.8) is 0 Å². The molecule has 0 saturated carbocycles. The first-order chi connectivity index (χ1) is 18.6. The van der Waals surface area contributed by atoms with E-state index in [-0.39, 0.29) is 17.8 Å². The number of likely N-dealkylation sites (tertiary alicyclic amines) is 1. The number of anilines is 2. The van der Waals surface area contributed by atoms with E-state index in [9.17, 15) is 13.6 Å². The van der Waals surface area contributed by atoms with Crippen molar-refractivity contribution in [2.45, 2.75) is 18.9 Å². The van der Waals surface area contributed by atoms with Gasteiger partial charge in [-0.2, -0.15) is 9.97 Å². The summed E-state index contributed by atoms with van der Waals surface area (Å²) in [5, 5.41) is 3.41. The van der Waals surface area contributed by atoms with Crippen molar-refractivity contribution in [3.05, 3.63) is 66.2 Å². The van der Waals surface area contributed by atoms with Crippen LogP contribution < -0.4 is 10.2 Å². The van der Waals surface area contributed by atoms with Crippen molar-refractivity contribution in [1.29, 1.82) is 0 Å². The number of pyridine rings is 1. The number of para-hydroxylation sites is 2. The number of benzene rings is 1. The van der Waals surface area contributed by atoms with Crippen LogP contribution in [0.3, 0.4) is 0 Å². The topological polar surface area (TPSA) is 101 Å². The van der Waals surface area contributed by atoms with E-state index in [0.29, 0.717) is 80.1 Å². The Morgan fingerprint density at radius 1 is 1.03 bits per heavy atom. The predicted molar refractivity (Wildman–Crippen MR) is 137 cm³/mol. The van der Waals surface area contributed by atoms with Crippen molar-refractivity contribution < 1.29 is 18.3 Å². The SMILES string of the molecule is O=C(c1ccccn1)N1CC[C@H](Nc2cc(-n3c(C(F)F)nc4ccccc43)nc(N3CCOCC3)n2)C1. The number of ether oxygens (including phenoxy) is 1. The molecule has 4 aromatic rings. The molecule has 196 valence electrons. The number of amides is 1. The Morgan fingerprint density at radius 2 is 1.84 bits per heavy atom. The maximum absolute atomic E-state index is 14.1. The molecular weight excluding hydrogens is 494 g/mol. The number of carbonyl (C=O) groups is 1. The lowest BCUT2D eigenvalue weighted by Gasteiger charge is -2.28. The summed E-state index contributed by atoms with van der Waals surface area (Å²) in [6.45, 7) is 3.27. The average molecular weight is 521 g/mol. The van der Waals surface area contributed by atoms with Gasteiger partial charge in [-0.15, -0.1) is 0 Å². The van der Waals surface area contributed by atoms with Crippen LogP contribution in [0.1, 0.15) is 29.2 Å². The number of fused-ring (bicyclic) bond motifs is 1. The number of nitrogens with zero attached hydrogens (tertiary/aromatic N) is 7. The van der Waals surface area contributed by atoms with Gasteiger partial charge in [0.2, 0.25) is 5.95 Å². The Kier molecular flexibility index (Phi) is 6.54. The maximum atomic E-state index is 14.1. The molecule has 0 radical (unpaired) electrons. The molecule has 38 heavy (non-hydrogen) atoms. The molecule has 2 fully saturated rings. The average Bonchev–Trinajstić information content (AvgIpc) is 3.58. The Labute approximate surface area is 217 Å². The van der Waals surface area contributed by atoms with Crippen molar-refractivity contribution >= 4 is 28.7 Å². The van der Waals surface area contributed by atoms with Gasteiger partial charge in [0, 0.05) is 44.5 Å². The first-order valence-corrected chi connectivity index (χ1v) is 12.5. The molecule has 1 atom stereocenters. The van der Waals surface area contributed by atoms with Crippen LogP contribution in [0.2, 0.25) is 0 Å². The molecule has 1 aromatic carbocycles. The van der Waals surface area contributed by atoms with Crippen molar-refractivity contribution in [2.24, 2.45) is 0 Å². The first-order valence-electron chi connectivity index (χ1n) is 12.5. The molecule has 2 aliphatic rings. The highest BCUT2D eigenvalue weighted by molar-refractivity contribution is 5.92. The molecule has 5 heterocycles. The minimum Gasteiger partial charge on any atom is -0.378 e. The van der Waals surface area contributed by atoms with Gasteiger partial charge in [0.1, 0.15) is 17.3 Å². The third-order valence-corrected chi connectivity index (χ3v) is 6.72. The predicted octanol–water partition coefficient (Wildman–Crippen LogP) is 3.31. The summed E-state index contributed by atoms with van der Waals surface area (Å²) in [5.41, 5.74) is 1.40. The molecular formula is C26H26F2N8O2. The lowest BCUT2D eigenvalue weighted by atomic mass is 10.2. The summed E-state index contributed by atoms with van der Waals surface area (Å²) in [4.78, 5) is 34.3. The summed E-state index contributed by atoms with van der Waals surface area (Å²) in [6.07, 6.45) is -0.481. The number of carbonyl (C=O) groups excluding carboxylic acids is 1. The van der Waals surface area contributed by atoms with Gasteiger partial charge < -0.3 is 19.9 Å². The zero-order valence-electron chi connectivity index (χ0n) is 20.5. The number of nitrogens with one attached hydrogen (secondary N) is 1. The molecule has 1 N–H and O–H groups in total. The number of morpholine rings is 1. The summed E-state index contributed by atoms with van der Waals surface area (Å²) in [5.74, 6) is 0.709. The van der Waals surface area contributed by atoms with E-state index < -0.39 is 6.43 Å². The lowest BCUT2D eigenvalue weighted by Crippen LogP contribution is -2.37. The van der Waals surface area contributed by atoms with Crippen molar-refractivity contribution in [2.75, 3.05) is 49.6 Å². The Bertz CT molecular complexity index is 1440. The van der Waals surface area contributed by atoms with Gasteiger partial charge in [-0.05, 0) is 30.7 Å². The van der Waals surface area contributed by atoms with Crippen LogP contribution in [-0.2, 0) is 4.74 Å². The van der Waals surface area contributed by atoms with Gasteiger partial charge in [-0.3, -0.25) is 14.3 Å². The highest BCUT2D eigenvalue weighted by atomic mass is 19.3. The second-order valence-corrected chi connectivity index (χ2v) is 9.20. The third-order valence-electron chi connectivity index (χ3n) is 6.72. The van der Waals surface area contributed by atoms with E-state index in [4.69, 9.17) is 9.72 Å². The molecule has 0 aliphatic carbocycles. The third kappa shape index (κ3) is 4.74. The van der Waals surface area contributed by atoms with Crippen LogP contribution in [0.25, 0.3) is 16.9 Å². The number of rotatable bonds is 6. The molecule has 12 heteroatoms. The number of aromatic nitrogens is 5. The van der Waals surface area contributed by atoms with Gasteiger partial charge in [-0.1, -0.05) is 18.2 Å². The summed E-state index contributed by atoms with van der Waals surface area (Å²) in [6, 6.07) is 13.8.